The first kappa shape index (κ1) is 13.7. The smallest absolute Gasteiger partial charge is 0.258 e. The number of benzene rings is 1. The third-order valence-electron chi connectivity index (χ3n) is 2.02. The summed E-state index contributed by atoms with van der Waals surface area (Å²) in [5.74, 6) is 0. The van der Waals surface area contributed by atoms with Crippen LogP contribution in [-0.2, 0) is 10.0 Å². The van der Waals surface area contributed by atoms with Crippen LogP contribution >= 0.6 is 11.6 Å². The lowest BCUT2D eigenvalue weighted by Crippen LogP contribution is -2.38. The normalized spacial score (nSPS) is 11.6. The van der Waals surface area contributed by atoms with Gasteiger partial charge in [-0.2, -0.15) is 10.5 Å². The van der Waals surface area contributed by atoms with E-state index in [-0.39, 0.29) is 0 Å². The molecule has 0 spiro atoms. The van der Waals surface area contributed by atoms with Crippen molar-refractivity contribution in [3.63, 3.8) is 0 Å². The summed E-state index contributed by atoms with van der Waals surface area (Å²) in [5.41, 5.74) is -1.01. The molecule has 1 aromatic rings. The summed E-state index contributed by atoms with van der Waals surface area (Å²) < 4.78 is 5.72. The Labute approximate surface area is 107 Å². The van der Waals surface area contributed by atoms with Gasteiger partial charge in [0.25, 0.3) is 5.60 Å². The van der Waals surface area contributed by atoms with Gasteiger partial charge in [0, 0.05) is 10.6 Å². The van der Waals surface area contributed by atoms with E-state index in [9.17, 15) is 10.5 Å². The first-order valence-electron chi connectivity index (χ1n) is 5.12. The quantitative estimate of drug-likeness (QED) is 0.786. The lowest BCUT2D eigenvalue weighted by molar-refractivity contribution is 0.180. The number of rotatable bonds is 3. The molecule has 0 amide bonds. The molecular formula is C12H13ClN2OSi. The summed E-state index contributed by atoms with van der Waals surface area (Å²) in [6.45, 7) is 5.81. The number of nitrogens with zero attached hydrogens (tertiary/aromatic N) is 2. The van der Waals surface area contributed by atoms with Crippen molar-refractivity contribution in [2.75, 3.05) is 0 Å². The highest BCUT2D eigenvalue weighted by molar-refractivity contribution is 6.69. The van der Waals surface area contributed by atoms with E-state index < -0.39 is 13.9 Å². The molecule has 88 valence electrons. The molecule has 0 radical (unpaired) electrons. The highest BCUT2D eigenvalue weighted by Gasteiger charge is 2.38. The van der Waals surface area contributed by atoms with Crippen LogP contribution in [0.25, 0.3) is 0 Å². The molecule has 0 atom stereocenters. The SMILES string of the molecule is C[Si](C)(C)OC(C#N)(C#N)c1ccc(Cl)cc1. The minimum atomic E-state index is -2.01. The average molecular weight is 265 g/mol. The van der Waals surface area contributed by atoms with Gasteiger partial charge in [-0.15, -0.1) is 0 Å². The molecule has 0 fully saturated rings. The van der Waals surface area contributed by atoms with Crippen molar-refractivity contribution in [1.82, 2.24) is 0 Å². The second kappa shape index (κ2) is 4.89. The molecule has 0 N–H and O–H groups in total. The van der Waals surface area contributed by atoms with E-state index >= 15 is 0 Å². The van der Waals surface area contributed by atoms with Crippen molar-refractivity contribution in [2.45, 2.75) is 25.2 Å². The monoisotopic (exact) mass is 264 g/mol. The molecule has 0 aliphatic heterocycles. The molecular weight excluding hydrogens is 252 g/mol. The maximum absolute atomic E-state index is 9.25. The van der Waals surface area contributed by atoms with Gasteiger partial charge in [-0.25, -0.2) is 0 Å². The van der Waals surface area contributed by atoms with Crippen LogP contribution in [0.4, 0.5) is 0 Å². The van der Waals surface area contributed by atoms with Gasteiger partial charge in [0.05, 0.1) is 0 Å². The highest BCUT2D eigenvalue weighted by Crippen LogP contribution is 2.29. The van der Waals surface area contributed by atoms with Crippen LogP contribution in [-0.4, -0.2) is 8.32 Å². The topological polar surface area (TPSA) is 56.8 Å². The van der Waals surface area contributed by atoms with Crippen molar-refractivity contribution in [1.29, 1.82) is 10.5 Å². The molecule has 1 rings (SSSR count). The predicted molar refractivity (Wildman–Crippen MR) is 68.8 cm³/mol. The van der Waals surface area contributed by atoms with E-state index in [1.165, 1.54) is 0 Å². The van der Waals surface area contributed by atoms with E-state index in [0.717, 1.165) is 0 Å². The van der Waals surface area contributed by atoms with Crippen molar-refractivity contribution < 1.29 is 4.43 Å². The third-order valence-corrected chi connectivity index (χ3v) is 3.20. The number of nitriles is 2. The molecule has 1 aromatic carbocycles. The first-order valence-corrected chi connectivity index (χ1v) is 8.90. The zero-order valence-electron chi connectivity index (χ0n) is 9.99. The lowest BCUT2D eigenvalue weighted by Gasteiger charge is -2.28. The van der Waals surface area contributed by atoms with E-state index in [0.29, 0.717) is 10.6 Å². The van der Waals surface area contributed by atoms with Crippen LogP contribution in [0.15, 0.2) is 24.3 Å². The zero-order chi connectivity index (χ0) is 13.1. The van der Waals surface area contributed by atoms with Gasteiger partial charge in [0.15, 0.2) is 8.32 Å². The van der Waals surface area contributed by atoms with E-state index in [4.69, 9.17) is 16.0 Å². The Kier molecular flexibility index (Phi) is 3.95. The minimum absolute atomic E-state index is 0.523. The van der Waals surface area contributed by atoms with Crippen LogP contribution < -0.4 is 0 Å². The minimum Gasteiger partial charge on any atom is -0.386 e. The van der Waals surface area contributed by atoms with Crippen molar-refractivity contribution in [3.05, 3.63) is 34.9 Å². The maximum atomic E-state index is 9.25. The fraction of sp³-hybridized carbons (Fsp3) is 0.333. The highest BCUT2D eigenvalue weighted by atomic mass is 35.5. The van der Waals surface area contributed by atoms with Gasteiger partial charge in [-0.3, -0.25) is 0 Å². The number of hydrogen-bond donors (Lipinski definition) is 0. The van der Waals surface area contributed by atoms with E-state index in [1.54, 1.807) is 24.3 Å². The average Bonchev–Trinajstić information content (AvgIpc) is 2.26. The molecule has 0 aliphatic rings. The van der Waals surface area contributed by atoms with Crippen LogP contribution in [0, 0.1) is 22.7 Å². The second-order valence-electron chi connectivity index (χ2n) is 4.63. The predicted octanol–water partition coefficient (Wildman–Crippen LogP) is 3.43. The summed E-state index contributed by atoms with van der Waals surface area (Å²) in [7, 11) is -2.01. The van der Waals surface area contributed by atoms with Gasteiger partial charge in [-0.1, -0.05) is 23.7 Å². The standard InChI is InChI=1S/C12H13ClN2OSi/c1-17(2,3)16-12(8-14,9-15)10-4-6-11(13)7-5-10/h4-7H,1-3H3. The Hall–Kier alpha value is -1.33. The molecule has 17 heavy (non-hydrogen) atoms. The summed E-state index contributed by atoms with van der Waals surface area (Å²) >= 11 is 5.78. The van der Waals surface area contributed by atoms with E-state index in [1.807, 2.05) is 31.8 Å². The van der Waals surface area contributed by atoms with Crippen LogP contribution in [0.2, 0.25) is 24.7 Å². The van der Waals surface area contributed by atoms with E-state index in [2.05, 4.69) is 0 Å². The third kappa shape index (κ3) is 3.31. The Morgan fingerprint density at radius 2 is 1.59 bits per heavy atom. The van der Waals surface area contributed by atoms with Gasteiger partial charge in [-0.05, 0) is 31.8 Å². The summed E-state index contributed by atoms with van der Waals surface area (Å²) in [4.78, 5) is 0. The Morgan fingerprint density at radius 3 is 1.94 bits per heavy atom. The van der Waals surface area contributed by atoms with Crippen molar-refractivity contribution in [3.8, 4) is 12.1 Å². The van der Waals surface area contributed by atoms with Crippen molar-refractivity contribution in [2.24, 2.45) is 0 Å². The maximum Gasteiger partial charge on any atom is 0.258 e. The Bertz CT molecular complexity index is 465. The molecule has 5 heteroatoms. The largest absolute Gasteiger partial charge is 0.386 e. The second-order valence-corrected chi connectivity index (χ2v) is 9.49. The summed E-state index contributed by atoms with van der Waals surface area (Å²) in [5, 5.41) is 19.1. The summed E-state index contributed by atoms with van der Waals surface area (Å²) in [6, 6.07) is 10.5. The van der Waals surface area contributed by atoms with Gasteiger partial charge < -0.3 is 4.43 Å². The molecule has 0 aromatic heterocycles. The molecule has 0 saturated carbocycles. The van der Waals surface area contributed by atoms with Crippen molar-refractivity contribution >= 4 is 19.9 Å². The number of halogens is 1. The lowest BCUT2D eigenvalue weighted by atomic mass is 9.97. The Morgan fingerprint density at radius 1 is 1.12 bits per heavy atom. The fourth-order valence-corrected chi connectivity index (χ4v) is 2.66. The molecule has 0 bridgehead atoms. The van der Waals surface area contributed by atoms with Crippen LogP contribution in [0.3, 0.4) is 0 Å². The molecule has 0 saturated heterocycles. The Balaban J connectivity index is 3.23. The molecule has 0 unspecified atom stereocenters. The fourth-order valence-electron chi connectivity index (χ4n) is 1.40. The van der Waals surface area contributed by atoms with Crippen LogP contribution in [0.5, 0.6) is 0 Å². The number of hydrogen-bond acceptors (Lipinski definition) is 3. The molecule has 0 heterocycles. The van der Waals surface area contributed by atoms with Gasteiger partial charge in [0.1, 0.15) is 12.1 Å². The van der Waals surface area contributed by atoms with Crippen LogP contribution in [0.1, 0.15) is 5.56 Å². The zero-order valence-corrected chi connectivity index (χ0v) is 11.7. The first-order chi connectivity index (χ1) is 7.83. The summed E-state index contributed by atoms with van der Waals surface area (Å²) in [6.07, 6.45) is 0. The molecule has 0 aliphatic carbocycles. The van der Waals surface area contributed by atoms with Gasteiger partial charge in [0.2, 0.25) is 0 Å². The van der Waals surface area contributed by atoms with Gasteiger partial charge >= 0.3 is 0 Å². The molecule has 3 nitrogen and oxygen atoms in total.